The molecule has 0 aromatic heterocycles. The fourth-order valence-electron chi connectivity index (χ4n) is 4.16. The van der Waals surface area contributed by atoms with Crippen LogP contribution in [0.3, 0.4) is 0 Å². The third-order valence-corrected chi connectivity index (χ3v) is 7.90. The first-order chi connectivity index (χ1) is 10.7. The van der Waals surface area contributed by atoms with Gasteiger partial charge in [-0.25, -0.2) is 0 Å². The molecular weight excluding hydrogens is 316 g/mol. The highest BCUT2D eigenvalue weighted by atomic mass is 32.2. The average molecular weight is 336 g/mol. The molecule has 0 saturated heterocycles. The first kappa shape index (κ1) is 16.3. The maximum Gasteiger partial charge on any atom is 0.281 e. The van der Waals surface area contributed by atoms with Gasteiger partial charge >= 0.3 is 0 Å². The van der Waals surface area contributed by atoms with Gasteiger partial charge in [-0.05, 0) is 24.2 Å². The highest BCUT2D eigenvalue weighted by Crippen LogP contribution is 2.62. The van der Waals surface area contributed by atoms with Crippen molar-refractivity contribution >= 4 is 21.7 Å². The maximum absolute atomic E-state index is 12.8. The van der Waals surface area contributed by atoms with Crippen LogP contribution in [0, 0.1) is 11.3 Å². The van der Waals surface area contributed by atoms with Gasteiger partial charge in [0.2, 0.25) is 0 Å². The molecule has 0 aliphatic heterocycles. The SMILES string of the molecule is CC1(C)C2CCC1(S(=O)(=O)OCC(=O)c1ccccc1)C(=O)C2. The second kappa shape index (κ2) is 5.24. The molecule has 5 nitrogen and oxygen atoms in total. The van der Waals surface area contributed by atoms with Crippen molar-refractivity contribution < 1.29 is 22.2 Å². The van der Waals surface area contributed by atoms with Crippen molar-refractivity contribution in [3.05, 3.63) is 35.9 Å². The van der Waals surface area contributed by atoms with Gasteiger partial charge in [0.1, 0.15) is 6.61 Å². The Bertz CT molecular complexity index is 750. The van der Waals surface area contributed by atoms with Gasteiger partial charge in [-0.2, -0.15) is 8.42 Å². The molecule has 0 heterocycles. The number of hydrogen-bond donors (Lipinski definition) is 0. The number of hydrogen-bond acceptors (Lipinski definition) is 5. The van der Waals surface area contributed by atoms with Crippen LogP contribution in [0.15, 0.2) is 30.3 Å². The number of benzene rings is 1. The van der Waals surface area contributed by atoms with E-state index in [4.69, 9.17) is 4.18 Å². The monoisotopic (exact) mass is 336 g/mol. The number of ketones is 2. The molecule has 3 rings (SSSR count). The van der Waals surface area contributed by atoms with Gasteiger partial charge in [0.25, 0.3) is 10.1 Å². The van der Waals surface area contributed by atoms with E-state index in [1.165, 1.54) is 0 Å². The van der Waals surface area contributed by atoms with Crippen molar-refractivity contribution in [1.82, 2.24) is 0 Å². The molecule has 23 heavy (non-hydrogen) atoms. The van der Waals surface area contributed by atoms with Crippen LogP contribution in [0.5, 0.6) is 0 Å². The van der Waals surface area contributed by atoms with Crippen LogP contribution in [0.4, 0.5) is 0 Å². The van der Waals surface area contributed by atoms with Gasteiger partial charge in [0, 0.05) is 12.0 Å². The number of Topliss-reactive ketones (excluding diaryl/α,β-unsaturated/α-hetero) is 2. The zero-order chi connectivity index (χ0) is 16.9. The smallest absolute Gasteiger partial charge is 0.281 e. The first-order valence-corrected chi connectivity index (χ1v) is 9.14. The summed E-state index contributed by atoms with van der Waals surface area (Å²) >= 11 is 0. The average Bonchev–Trinajstić information content (AvgIpc) is 2.89. The van der Waals surface area contributed by atoms with Gasteiger partial charge in [0.05, 0.1) is 0 Å². The molecule has 6 heteroatoms. The van der Waals surface area contributed by atoms with E-state index >= 15 is 0 Å². The quantitative estimate of drug-likeness (QED) is 0.609. The Kier molecular flexibility index (Phi) is 3.72. The summed E-state index contributed by atoms with van der Waals surface area (Å²) in [6.07, 6.45) is 1.27. The lowest BCUT2D eigenvalue weighted by Crippen LogP contribution is -2.51. The molecule has 2 bridgehead atoms. The molecular formula is C17H20O5S. The van der Waals surface area contributed by atoms with Crippen LogP contribution in [-0.2, 0) is 19.1 Å². The summed E-state index contributed by atoms with van der Waals surface area (Å²) in [5, 5.41) is 0. The van der Waals surface area contributed by atoms with E-state index in [0.29, 0.717) is 12.0 Å². The second-order valence-electron chi connectivity index (χ2n) is 6.92. The lowest BCUT2D eigenvalue weighted by Gasteiger charge is -2.34. The lowest BCUT2D eigenvalue weighted by atomic mass is 9.81. The molecule has 1 aromatic rings. The summed E-state index contributed by atoms with van der Waals surface area (Å²) in [6, 6.07) is 8.38. The van der Waals surface area contributed by atoms with Crippen LogP contribution in [-0.4, -0.2) is 31.3 Å². The van der Waals surface area contributed by atoms with Crippen molar-refractivity contribution in [3.63, 3.8) is 0 Å². The van der Waals surface area contributed by atoms with Crippen LogP contribution >= 0.6 is 0 Å². The molecule has 0 N–H and O–H groups in total. The number of rotatable bonds is 5. The Hall–Kier alpha value is -1.53. The van der Waals surface area contributed by atoms with Gasteiger partial charge in [-0.15, -0.1) is 0 Å². The molecule has 2 aliphatic rings. The Labute approximate surface area is 136 Å². The molecule has 2 fully saturated rings. The van der Waals surface area contributed by atoms with E-state index in [0.717, 1.165) is 0 Å². The van der Waals surface area contributed by atoms with Crippen molar-refractivity contribution in [1.29, 1.82) is 0 Å². The van der Waals surface area contributed by atoms with Crippen LogP contribution in [0.1, 0.15) is 43.5 Å². The Morgan fingerprint density at radius 1 is 1.26 bits per heavy atom. The normalized spacial score (nSPS) is 29.0. The summed E-state index contributed by atoms with van der Waals surface area (Å²) in [5.41, 5.74) is -0.264. The molecule has 1 aromatic carbocycles. The summed E-state index contributed by atoms with van der Waals surface area (Å²) in [5.74, 6) is -0.618. The number of carbonyl (C=O) groups is 2. The van der Waals surface area contributed by atoms with Gasteiger partial charge in [-0.3, -0.25) is 13.8 Å². The molecule has 0 radical (unpaired) electrons. The predicted octanol–water partition coefficient (Wildman–Crippen LogP) is 2.36. The molecule has 2 unspecified atom stereocenters. The minimum absolute atomic E-state index is 0.0678. The zero-order valence-corrected chi connectivity index (χ0v) is 14.1. The van der Waals surface area contributed by atoms with E-state index in [1.54, 1.807) is 30.3 Å². The molecule has 0 spiro atoms. The van der Waals surface area contributed by atoms with Crippen LogP contribution in [0.2, 0.25) is 0 Å². The Balaban J connectivity index is 1.83. The van der Waals surface area contributed by atoms with Crippen molar-refractivity contribution in [3.8, 4) is 0 Å². The van der Waals surface area contributed by atoms with Crippen LogP contribution in [0.25, 0.3) is 0 Å². The van der Waals surface area contributed by atoms with E-state index in [2.05, 4.69) is 0 Å². The van der Waals surface area contributed by atoms with Crippen molar-refractivity contribution in [2.75, 3.05) is 6.61 Å². The van der Waals surface area contributed by atoms with Crippen molar-refractivity contribution in [2.45, 2.75) is 37.9 Å². The largest absolute Gasteiger partial charge is 0.298 e. The first-order valence-electron chi connectivity index (χ1n) is 7.73. The molecule has 0 amide bonds. The molecule has 2 atom stereocenters. The summed E-state index contributed by atoms with van der Waals surface area (Å²) < 4.78 is 29.1. The minimum Gasteiger partial charge on any atom is -0.298 e. The highest BCUT2D eigenvalue weighted by molar-refractivity contribution is 7.89. The zero-order valence-electron chi connectivity index (χ0n) is 13.2. The van der Waals surface area contributed by atoms with Crippen LogP contribution < -0.4 is 0 Å². The van der Waals surface area contributed by atoms with E-state index < -0.39 is 32.7 Å². The number of carbonyl (C=O) groups excluding carboxylic acids is 2. The second-order valence-corrected chi connectivity index (χ2v) is 8.76. The third-order valence-electron chi connectivity index (χ3n) is 5.66. The predicted molar refractivity (Wildman–Crippen MR) is 84.5 cm³/mol. The number of fused-ring (bicyclic) bond motifs is 2. The minimum atomic E-state index is -4.16. The molecule has 124 valence electrons. The lowest BCUT2D eigenvalue weighted by molar-refractivity contribution is -0.121. The third kappa shape index (κ3) is 2.19. The fraction of sp³-hybridized carbons (Fsp3) is 0.529. The van der Waals surface area contributed by atoms with Gasteiger partial charge < -0.3 is 0 Å². The Morgan fingerprint density at radius 3 is 2.43 bits per heavy atom. The summed E-state index contributed by atoms with van der Waals surface area (Å²) in [4.78, 5) is 24.5. The maximum atomic E-state index is 12.8. The topological polar surface area (TPSA) is 77.5 Å². The van der Waals surface area contributed by atoms with Crippen molar-refractivity contribution in [2.24, 2.45) is 11.3 Å². The molecule has 2 saturated carbocycles. The summed E-state index contributed by atoms with van der Waals surface area (Å²) in [7, 11) is -4.16. The Morgan fingerprint density at radius 2 is 1.91 bits per heavy atom. The summed E-state index contributed by atoms with van der Waals surface area (Å²) in [6.45, 7) is 3.06. The van der Waals surface area contributed by atoms with E-state index in [1.807, 2.05) is 13.8 Å². The van der Waals surface area contributed by atoms with Gasteiger partial charge in [-0.1, -0.05) is 44.2 Å². The standard InChI is InChI=1S/C17H20O5S/c1-16(2)13-8-9-17(16,15(19)10-13)23(20,21)22-11-14(18)12-6-4-3-5-7-12/h3-7,13H,8-11H2,1-2H3. The van der Waals surface area contributed by atoms with E-state index in [-0.39, 0.29) is 24.5 Å². The highest BCUT2D eigenvalue weighted by Gasteiger charge is 2.71. The molecule has 2 aliphatic carbocycles. The van der Waals surface area contributed by atoms with E-state index in [9.17, 15) is 18.0 Å². The van der Waals surface area contributed by atoms with Gasteiger partial charge in [0.15, 0.2) is 16.3 Å². The fourth-order valence-corrected chi connectivity index (χ4v) is 6.16.